The summed E-state index contributed by atoms with van der Waals surface area (Å²) in [5.74, 6) is 0.238. The molecular weight excluding hydrogens is 563 g/mol. The summed E-state index contributed by atoms with van der Waals surface area (Å²) in [7, 11) is 0. The van der Waals surface area contributed by atoms with Crippen LogP contribution in [0, 0.1) is 5.41 Å². The van der Waals surface area contributed by atoms with E-state index >= 15 is 0 Å². The van der Waals surface area contributed by atoms with Crippen LogP contribution in [0.3, 0.4) is 0 Å². The number of rotatable bonds is 8. The van der Waals surface area contributed by atoms with Gasteiger partial charge in [-0.25, -0.2) is 4.79 Å². The maximum Gasteiger partial charge on any atom is 0.335 e. The van der Waals surface area contributed by atoms with E-state index in [1.54, 1.807) is 24.4 Å². The third-order valence-electron chi connectivity index (χ3n) is 9.62. The summed E-state index contributed by atoms with van der Waals surface area (Å²) in [6.07, 6.45) is 8.20. The van der Waals surface area contributed by atoms with Crippen molar-refractivity contribution in [2.75, 3.05) is 0 Å². The van der Waals surface area contributed by atoms with Gasteiger partial charge in [-0.05, 0) is 87.3 Å². The molecule has 4 aromatic rings. The number of hydrogen-bond acceptors (Lipinski definition) is 6. The Morgan fingerprint density at radius 3 is 2.41 bits per heavy atom. The van der Waals surface area contributed by atoms with E-state index in [0.717, 1.165) is 73.6 Å². The molecule has 2 aromatic carbocycles. The molecule has 41 heavy (non-hydrogen) atoms. The van der Waals surface area contributed by atoms with E-state index in [0.29, 0.717) is 39.3 Å². The highest BCUT2D eigenvalue weighted by molar-refractivity contribution is 6.39. The maximum atomic E-state index is 11.7. The number of aromatic carboxylic acids is 1. The van der Waals surface area contributed by atoms with Gasteiger partial charge >= 0.3 is 5.97 Å². The first kappa shape index (κ1) is 26.9. The Labute approximate surface area is 247 Å². The molecule has 4 aliphatic rings. The van der Waals surface area contributed by atoms with E-state index in [1.165, 1.54) is 0 Å². The largest absolute Gasteiger partial charge is 0.478 e. The lowest BCUT2D eigenvalue weighted by Gasteiger charge is -2.55. The second-order valence-corrected chi connectivity index (χ2v) is 12.7. The molecule has 2 aromatic heterocycles. The number of carboxylic acids is 1. The van der Waals surface area contributed by atoms with Gasteiger partial charge in [0.2, 0.25) is 0 Å². The number of fused-ring (bicyclic) bond motifs is 4. The minimum absolute atomic E-state index is 0.185. The van der Waals surface area contributed by atoms with E-state index < -0.39 is 12.1 Å². The molecule has 4 fully saturated rings. The molecule has 4 aliphatic carbocycles. The summed E-state index contributed by atoms with van der Waals surface area (Å²) in [6.45, 7) is 0.378. The van der Waals surface area contributed by atoms with Crippen LogP contribution in [0.25, 0.3) is 22.2 Å². The van der Waals surface area contributed by atoms with Gasteiger partial charge in [-0.2, -0.15) is 0 Å². The van der Waals surface area contributed by atoms with Crippen LogP contribution >= 0.6 is 23.2 Å². The van der Waals surface area contributed by atoms with E-state index in [1.807, 2.05) is 24.3 Å². The third kappa shape index (κ3) is 4.63. The molecule has 2 bridgehead atoms. The third-order valence-corrected chi connectivity index (χ3v) is 10.3. The van der Waals surface area contributed by atoms with Crippen LogP contribution in [-0.4, -0.2) is 31.9 Å². The minimum Gasteiger partial charge on any atom is -0.478 e. The second kappa shape index (κ2) is 10.1. The summed E-state index contributed by atoms with van der Waals surface area (Å²) in [5.41, 5.74) is 3.32. The molecule has 0 aliphatic heterocycles. The van der Waals surface area contributed by atoms with Gasteiger partial charge in [0.25, 0.3) is 0 Å². The molecular formula is C32H30Cl2N2O5. The highest BCUT2D eigenvalue weighted by Gasteiger charge is 2.53. The van der Waals surface area contributed by atoms with Crippen molar-refractivity contribution in [3.8, 4) is 11.3 Å². The number of aromatic nitrogens is 2. The van der Waals surface area contributed by atoms with Crippen LogP contribution < -0.4 is 0 Å². The molecule has 212 valence electrons. The maximum absolute atomic E-state index is 11.7. The summed E-state index contributed by atoms with van der Waals surface area (Å²) in [6, 6.07) is 12.2. The van der Waals surface area contributed by atoms with Crippen molar-refractivity contribution in [3.63, 3.8) is 0 Å². The first-order valence-electron chi connectivity index (χ1n) is 14.2. The zero-order valence-corrected chi connectivity index (χ0v) is 23.9. The number of ether oxygens (including phenoxy) is 1. The SMILES string of the molecule is O=C(O)c1ccc2c(C(O)C34CCC(OCc5c(-c6c(Cl)cccc6Cl)noc5C5CC5)(CC3)CC4)ccnc2c1. The predicted molar refractivity (Wildman–Crippen MR) is 155 cm³/mol. The van der Waals surface area contributed by atoms with E-state index in [2.05, 4.69) is 10.1 Å². The van der Waals surface area contributed by atoms with Gasteiger partial charge in [-0.3, -0.25) is 4.98 Å². The summed E-state index contributed by atoms with van der Waals surface area (Å²) in [5, 5.41) is 27.4. The average molecular weight is 594 g/mol. The normalized spacial score (nSPS) is 24.6. The number of hydrogen-bond donors (Lipinski definition) is 2. The Kier molecular flexibility index (Phi) is 6.62. The number of nitrogens with zero attached hydrogens (tertiary/aromatic N) is 2. The Morgan fingerprint density at radius 1 is 1.05 bits per heavy atom. The molecule has 7 nitrogen and oxygen atoms in total. The summed E-state index contributed by atoms with van der Waals surface area (Å²) < 4.78 is 12.6. The van der Waals surface area contributed by atoms with Crippen molar-refractivity contribution in [2.24, 2.45) is 5.41 Å². The highest BCUT2D eigenvalue weighted by Crippen LogP contribution is 2.60. The van der Waals surface area contributed by atoms with Crippen LogP contribution in [0.15, 0.2) is 53.2 Å². The predicted octanol–water partition coefficient (Wildman–Crippen LogP) is 8.12. The van der Waals surface area contributed by atoms with Crippen molar-refractivity contribution in [3.05, 3.63) is 81.2 Å². The van der Waals surface area contributed by atoms with Crippen molar-refractivity contribution >= 4 is 40.1 Å². The number of carboxylic acid groups (broad SMARTS) is 1. The Balaban J connectivity index is 1.11. The molecule has 0 saturated heterocycles. The quantitative estimate of drug-likeness (QED) is 0.213. The second-order valence-electron chi connectivity index (χ2n) is 11.9. The van der Waals surface area contributed by atoms with E-state index in [4.69, 9.17) is 32.5 Å². The topological polar surface area (TPSA) is 106 Å². The molecule has 1 unspecified atom stereocenters. The molecule has 4 saturated carbocycles. The number of aliphatic hydroxyl groups excluding tert-OH is 1. The number of aliphatic hydroxyl groups is 1. The van der Waals surface area contributed by atoms with Gasteiger partial charge in [0.05, 0.1) is 39.4 Å². The molecule has 2 N–H and O–H groups in total. The van der Waals surface area contributed by atoms with Crippen molar-refractivity contribution < 1.29 is 24.3 Å². The monoisotopic (exact) mass is 592 g/mol. The van der Waals surface area contributed by atoms with E-state index in [9.17, 15) is 15.0 Å². The first-order chi connectivity index (χ1) is 19.8. The van der Waals surface area contributed by atoms with Crippen molar-refractivity contribution in [1.29, 1.82) is 0 Å². The Hall–Kier alpha value is -2.97. The summed E-state index contributed by atoms with van der Waals surface area (Å²) in [4.78, 5) is 15.8. The fourth-order valence-corrected chi connectivity index (χ4v) is 7.53. The fraction of sp³-hybridized carbons (Fsp3) is 0.406. The van der Waals surface area contributed by atoms with Gasteiger partial charge in [-0.15, -0.1) is 0 Å². The molecule has 8 rings (SSSR count). The standard InChI is InChI=1S/C32H30Cl2N2O5/c33-23-2-1-3-24(34)26(23)27-22(28(41-36-27)18-4-5-18)17-40-32-12-9-31(10-13-32,11-14-32)29(37)21-8-15-35-25-16-19(30(38)39)6-7-20(21)25/h1-3,6-8,15-16,18,29,37H,4-5,9-14,17H2,(H,38,39). The van der Waals surface area contributed by atoms with Gasteiger partial charge in [0.1, 0.15) is 11.5 Å². The first-order valence-corrected chi connectivity index (χ1v) is 14.9. The van der Waals surface area contributed by atoms with Crippen molar-refractivity contribution in [1.82, 2.24) is 10.1 Å². The molecule has 0 spiro atoms. The molecule has 0 amide bonds. The zero-order chi connectivity index (χ0) is 28.4. The van der Waals surface area contributed by atoms with Gasteiger partial charge in [0, 0.05) is 34.0 Å². The van der Waals surface area contributed by atoms with Crippen LogP contribution in [0.1, 0.15) is 90.6 Å². The molecule has 2 heterocycles. The lowest BCUT2D eigenvalue weighted by atomic mass is 9.55. The number of carbonyl (C=O) groups is 1. The van der Waals surface area contributed by atoms with Crippen LogP contribution in [-0.2, 0) is 11.3 Å². The van der Waals surface area contributed by atoms with E-state index in [-0.39, 0.29) is 16.6 Å². The summed E-state index contributed by atoms with van der Waals surface area (Å²) >= 11 is 13.1. The van der Waals surface area contributed by atoms with Gasteiger partial charge < -0.3 is 19.5 Å². The smallest absolute Gasteiger partial charge is 0.335 e. The van der Waals surface area contributed by atoms with Crippen molar-refractivity contribution in [2.45, 2.75) is 75.6 Å². The highest BCUT2D eigenvalue weighted by atomic mass is 35.5. The lowest BCUT2D eigenvalue weighted by molar-refractivity contribution is -0.169. The van der Waals surface area contributed by atoms with Crippen LogP contribution in [0.5, 0.6) is 0 Å². The van der Waals surface area contributed by atoms with Crippen LogP contribution in [0.4, 0.5) is 0 Å². The van der Waals surface area contributed by atoms with Gasteiger partial charge in [-0.1, -0.05) is 40.5 Å². The number of halogens is 2. The molecule has 1 atom stereocenters. The number of pyridine rings is 1. The zero-order valence-electron chi connectivity index (χ0n) is 22.4. The van der Waals surface area contributed by atoms with Crippen LogP contribution in [0.2, 0.25) is 10.0 Å². The fourth-order valence-electron chi connectivity index (χ4n) is 6.95. The molecule has 9 heteroatoms. The average Bonchev–Trinajstić information content (AvgIpc) is 3.75. The lowest BCUT2D eigenvalue weighted by Crippen LogP contribution is -2.49. The Bertz CT molecular complexity index is 1620. The minimum atomic E-state index is -0.994. The Morgan fingerprint density at radius 2 is 1.76 bits per heavy atom. The van der Waals surface area contributed by atoms with Gasteiger partial charge in [0.15, 0.2) is 0 Å². The number of benzene rings is 2. The molecule has 0 radical (unpaired) electrons.